The molecular formula is C27H27N3O4. The number of nitrogens with zero attached hydrogens (tertiary/aromatic N) is 1. The standard InChI is InChI=1S/C27H27N3O4/c1-15-18(20-14-30(5)25(32)23-19(20)13-22(28-23)26(33)34)7-6-8-21(15)29-24(31)16-9-11-17(12-10-16)27(2,3)4/h6-14,28H,1-5H3,(H,29,31)(H,33,34). The molecule has 7 heteroatoms. The average molecular weight is 458 g/mol. The lowest BCUT2D eigenvalue weighted by Crippen LogP contribution is -2.17. The molecule has 0 spiro atoms. The van der Waals surface area contributed by atoms with E-state index < -0.39 is 5.97 Å². The van der Waals surface area contributed by atoms with E-state index in [-0.39, 0.29) is 28.1 Å². The van der Waals surface area contributed by atoms with Gasteiger partial charge in [0.2, 0.25) is 0 Å². The third-order valence-electron chi connectivity index (χ3n) is 6.08. The van der Waals surface area contributed by atoms with Gasteiger partial charge in [-0.15, -0.1) is 0 Å². The number of rotatable bonds is 4. The second kappa shape index (κ2) is 8.33. The highest BCUT2D eigenvalue weighted by molar-refractivity contribution is 6.06. The fourth-order valence-electron chi connectivity index (χ4n) is 4.04. The van der Waals surface area contributed by atoms with Gasteiger partial charge in [-0.3, -0.25) is 9.59 Å². The van der Waals surface area contributed by atoms with Crippen molar-refractivity contribution in [3.05, 3.63) is 87.5 Å². The van der Waals surface area contributed by atoms with E-state index in [9.17, 15) is 19.5 Å². The Morgan fingerprint density at radius 3 is 2.32 bits per heavy atom. The molecule has 34 heavy (non-hydrogen) atoms. The van der Waals surface area contributed by atoms with Gasteiger partial charge in [-0.05, 0) is 53.3 Å². The van der Waals surface area contributed by atoms with E-state index in [0.717, 1.165) is 16.7 Å². The van der Waals surface area contributed by atoms with Crippen LogP contribution in [0, 0.1) is 6.92 Å². The Morgan fingerprint density at radius 2 is 1.71 bits per heavy atom. The molecule has 3 N–H and O–H groups in total. The van der Waals surface area contributed by atoms with E-state index in [1.807, 2.05) is 49.4 Å². The van der Waals surface area contributed by atoms with Crippen LogP contribution in [-0.4, -0.2) is 26.5 Å². The first-order valence-corrected chi connectivity index (χ1v) is 10.9. The lowest BCUT2D eigenvalue weighted by molar-refractivity contribution is 0.0691. The minimum absolute atomic E-state index is 0.000225. The first-order chi connectivity index (χ1) is 16.0. The number of hydrogen-bond donors (Lipinski definition) is 3. The topological polar surface area (TPSA) is 104 Å². The van der Waals surface area contributed by atoms with Crippen LogP contribution >= 0.6 is 0 Å². The first-order valence-electron chi connectivity index (χ1n) is 10.9. The summed E-state index contributed by atoms with van der Waals surface area (Å²) >= 11 is 0. The van der Waals surface area contributed by atoms with Crippen LogP contribution < -0.4 is 10.9 Å². The largest absolute Gasteiger partial charge is 0.477 e. The Morgan fingerprint density at radius 1 is 1.03 bits per heavy atom. The molecule has 1 amide bonds. The zero-order chi connectivity index (χ0) is 24.8. The third kappa shape index (κ3) is 4.12. The Bertz CT molecular complexity index is 1490. The zero-order valence-corrected chi connectivity index (χ0v) is 19.8. The summed E-state index contributed by atoms with van der Waals surface area (Å²) in [5.74, 6) is -1.36. The van der Waals surface area contributed by atoms with E-state index in [2.05, 4.69) is 31.1 Å². The number of fused-ring (bicyclic) bond motifs is 1. The highest BCUT2D eigenvalue weighted by Crippen LogP contribution is 2.33. The smallest absolute Gasteiger partial charge is 0.352 e. The van der Waals surface area contributed by atoms with Crippen LogP contribution in [0.3, 0.4) is 0 Å². The van der Waals surface area contributed by atoms with Crippen LogP contribution in [0.4, 0.5) is 5.69 Å². The zero-order valence-electron chi connectivity index (χ0n) is 19.8. The lowest BCUT2D eigenvalue weighted by atomic mass is 9.86. The van der Waals surface area contributed by atoms with Gasteiger partial charge in [0.15, 0.2) is 0 Å². The summed E-state index contributed by atoms with van der Waals surface area (Å²) in [5, 5.41) is 12.9. The summed E-state index contributed by atoms with van der Waals surface area (Å²) in [5.41, 5.74) is 4.49. The van der Waals surface area contributed by atoms with Crippen molar-refractivity contribution in [2.75, 3.05) is 5.32 Å². The number of amides is 1. The number of anilines is 1. The number of aromatic nitrogens is 2. The number of carboxylic acid groups (broad SMARTS) is 1. The summed E-state index contributed by atoms with van der Waals surface area (Å²) in [7, 11) is 1.62. The number of hydrogen-bond acceptors (Lipinski definition) is 3. The van der Waals surface area contributed by atoms with Gasteiger partial charge < -0.3 is 20.0 Å². The minimum Gasteiger partial charge on any atom is -0.477 e. The summed E-state index contributed by atoms with van der Waals surface area (Å²) in [6.45, 7) is 8.25. The van der Waals surface area contributed by atoms with Crippen molar-refractivity contribution < 1.29 is 14.7 Å². The van der Waals surface area contributed by atoms with E-state index >= 15 is 0 Å². The van der Waals surface area contributed by atoms with Crippen molar-refractivity contribution in [1.82, 2.24) is 9.55 Å². The molecule has 2 aromatic heterocycles. The number of carbonyl (C=O) groups excluding carboxylic acids is 1. The molecule has 7 nitrogen and oxygen atoms in total. The quantitative estimate of drug-likeness (QED) is 0.397. The molecule has 0 fully saturated rings. The number of nitrogens with one attached hydrogen (secondary N) is 2. The Hall–Kier alpha value is -4.13. The maximum absolute atomic E-state index is 12.9. The van der Waals surface area contributed by atoms with E-state index in [0.29, 0.717) is 22.2 Å². The predicted octanol–water partition coefficient (Wildman–Crippen LogP) is 5.09. The van der Waals surface area contributed by atoms with Crippen molar-refractivity contribution in [3.63, 3.8) is 0 Å². The van der Waals surface area contributed by atoms with Gasteiger partial charge in [0.25, 0.3) is 11.5 Å². The molecule has 0 aliphatic heterocycles. The fraction of sp³-hybridized carbons (Fsp3) is 0.222. The number of pyridine rings is 1. The highest BCUT2D eigenvalue weighted by atomic mass is 16.4. The van der Waals surface area contributed by atoms with Gasteiger partial charge in [-0.1, -0.05) is 45.0 Å². The van der Waals surface area contributed by atoms with Crippen LogP contribution in [0.1, 0.15) is 52.7 Å². The van der Waals surface area contributed by atoms with Crippen LogP contribution in [0.5, 0.6) is 0 Å². The number of aromatic carboxylic acids is 1. The van der Waals surface area contributed by atoms with Crippen molar-refractivity contribution in [3.8, 4) is 11.1 Å². The molecule has 2 aromatic carbocycles. The Labute approximate surface area is 197 Å². The lowest BCUT2D eigenvalue weighted by Gasteiger charge is -2.19. The molecule has 0 saturated heterocycles. The van der Waals surface area contributed by atoms with Gasteiger partial charge in [-0.2, -0.15) is 0 Å². The number of H-pyrrole nitrogens is 1. The molecule has 0 bridgehead atoms. The molecule has 0 radical (unpaired) electrons. The second-order valence-corrected chi connectivity index (χ2v) is 9.50. The van der Waals surface area contributed by atoms with Crippen molar-refractivity contribution >= 4 is 28.5 Å². The molecule has 0 aliphatic rings. The van der Waals surface area contributed by atoms with E-state index in [1.165, 1.54) is 10.6 Å². The summed E-state index contributed by atoms with van der Waals surface area (Å²) in [6.07, 6.45) is 1.68. The number of carboxylic acids is 1. The van der Waals surface area contributed by atoms with Crippen molar-refractivity contribution in [2.45, 2.75) is 33.1 Å². The molecule has 4 aromatic rings. The van der Waals surface area contributed by atoms with E-state index in [4.69, 9.17) is 0 Å². The van der Waals surface area contributed by atoms with Crippen molar-refractivity contribution in [1.29, 1.82) is 0 Å². The van der Waals surface area contributed by atoms with Gasteiger partial charge >= 0.3 is 5.97 Å². The molecule has 0 aliphatic carbocycles. The monoisotopic (exact) mass is 457 g/mol. The number of benzene rings is 2. The Kier molecular flexibility index (Phi) is 5.65. The molecular weight excluding hydrogens is 430 g/mol. The summed E-state index contributed by atoms with van der Waals surface area (Å²) < 4.78 is 1.42. The van der Waals surface area contributed by atoms with Crippen molar-refractivity contribution in [2.24, 2.45) is 7.05 Å². The number of carbonyl (C=O) groups is 2. The average Bonchev–Trinajstić information content (AvgIpc) is 3.24. The van der Waals surface area contributed by atoms with Gasteiger partial charge in [0, 0.05) is 35.4 Å². The maximum Gasteiger partial charge on any atom is 0.352 e. The molecule has 4 rings (SSSR count). The minimum atomic E-state index is -1.14. The molecule has 0 unspecified atom stereocenters. The molecule has 174 valence electrons. The van der Waals surface area contributed by atoms with Crippen LogP contribution in [-0.2, 0) is 12.5 Å². The van der Waals surface area contributed by atoms with Gasteiger partial charge in [0.1, 0.15) is 11.2 Å². The molecule has 0 atom stereocenters. The van der Waals surface area contributed by atoms with Gasteiger partial charge in [0.05, 0.1) is 0 Å². The van der Waals surface area contributed by atoms with Gasteiger partial charge in [-0.25, -0.2) is 4.79 Å². The van der Waals surface area contributed by atoms with Crippen LogP contribution in [0.2, 0.25) is 0 Å². The summed E-state index contributed by atoms with van der Waals surface area (Å²) in [4.78, 5) is 39.7. The van der Waals surface area contributed by atoms with E-state index in [1.54, 1.807) is 13.2 Å². The summed E-state index contributed by atoms with van der Waals surface area (Å²) in [6, 6.07) is 14.6. The molecule has 0 saturated carbocycles. The highest BCUT2D eigenvalue weighted by Gasteiger charge is 2.19. The molecule has 2 heterocycles. The Balaban J connectivity index is 1.74. The van der Waals surface area contributed by atoms with Crippen LogP contribution in [0.25, 0.3) is 22.0 Å². The maximum atomic E-state index is 12.9. The SMILES string of the molecule is Cc1c(NC(=O)c2ccc(C(C)(C)C)cc2)cccc1-c1cn(C)c(=O)c2[nH]c(C(=O)O)cc12. The fourth-order valence-corrected chi connectivity index (χ4v) is 4.04. The number of aryl methyl sites for hydroxylation is 1. The normalized spacial score (nSPS) is 11.6. The van der Waals surface area contributed by atoms with Crippen LogP contribution in [0.15, 0.2) is 59.5 Å². The first kappa shape index (κ1) is 23.0. The second-order valence-electron chi connectivity index (χ2n) is 9.50. The third-order valence-corrected chi connectivity index (χ3v) is 6.08. The number of aromatic amines is 1. The predicted molar refractivity (Wildman–Crippen MR) is 134 cm³/mol.